The number of hydrazine groups is 1. The standard InChI is InChI=1S/C15H20N8O2/c1-11-4-3-5-16-13(11)19-14-12(23(24)25)15(18-10-17-14)20-22-8-6-21(2)7-9-22/h3-5,10H,6-9H2,1-2H3,(H2,16,17,18,19,20). The molecule has 2 aromatic rings. The lowest BCUT2D eigenvalue weighted by molar-refractivity contribution is -0.383. The van der Waals surface area contributed by atoms with Gasteiger partial charge < -0.3 is 10.2 Å². The highest BCUT2D eigenvalue weighted by molar-refractivity contribution is 5.73. The van der Waals surface area contributed by atoms with E-state index in [0.717, 1.165) is 31.7 Å². The molecule has 0 atom stereocenters. The number of hydrogen-bond donors (Lipinski definition) is 2. The lowest BCUT2D eigenvalue weighted by Crippen LogP contribution is -2.47. The number of piperazine rings is 1. The maximum Gasteiger partial charge on any atom is 0.354 e. The Labute approximate surface area is 145 Å². The minimum absolute atomic E-state index is 0.110. The molecule has 0 aromatic carbocycles. The van der Waals surface area contributed by atoms with Crippen LogP contribution in [0.2, 0.25) is 0 Å². The molecule has 1 saturated heterocycles. The van der Waals surface area contributed by atoms with Crippen LogP contribution in [-0.2, 0) is 0 Å². The topological polar surface area (TPSA) is 112 Å². The van der Waals surface area contributed by atoms with Crippen molar-refractivity contribution in [3.63, 3.8) is 0 Å². The van der Waals surface area contributed by atoms with Crippen molar-refractivity contribution < 1.29 is 4.92 Å². The van der Waals surface area contributed by atoms with Crippen molar-refractivity contribution in [3.8, 4) is 0 Å². The van der Waals surface area contributed by atoms with E-state index in [1.807, 2.05) is 25.0 Å². The molecule has 0 aliphatic carbocycles. The third-order valence-electron chi connectivity index (χ3n) is 4.02. The van der Waals surface area contributed by atoms with Crippen LogP contribution in [-0.4, -0.2) is 63.0 Å². The smallest absolute Gasteiger partial charge is 0.319 e. The Morgan fingerprint density at radius 2 is 1.84 bits per heavy atom. The molecule has 0 amide bonds. The molecule has 0 unspecified atom stereocenters. The van der Waals surface area contributed by atoms with Gasteiger partial charge in [0.15, 0.2) is 0 Å². The zero-order valence-electron chi connectivity index (χ0n) is 14.1. The fraction of sp³-hybridized carbons (Fsp3) is 0.400. The first-order valence-corrected chi connectivity index (χ1v) is 7.93. The van der Waals surface area contributed by atoms with Crippen LogP contribution in [0.15, 0.2) is 24.7 Å². The van der Waals surface area contributed by atoms with Gasteiger partial charge in [-0.2, -0.15) is 0 Å². The fourth-order valence-electron chi connectivity index (χ4n) is 2.52. The third kappa shape index (κ3) is 3.98. The third-order valence-corrected chi connectivity index (χ3v) is 4.02. The molecule has 2 aromatic heterocycles. The summed E-state index contributed by atoms with van der Waals surface area (Å²) in [5.74, 6) is 0.800. The summed E-state index contributed by atoms with van der Waals surface area (Å²) < 4.78 is 0. The summed E-state index contributed by atoms with van der Waals surface area (Å²) in [6, 6.07) is 3.67. The molecule has 0 spiro atoms. The fourth-order valence-corrected chi connectivity index (χ4v) is 2.52. The summed E-state index contributed by atoms with van der Waals surface area (Å²) in [5, 5.41) is 16.5. The number of nitrogens with one attached hydrogen (secondary N) is 2. The van der Waals surface area contributed by atoms with E-state index in [1.165, 1.54) is 6.33 Å². The van der Waals surface area contributed by atoms with Gasteiger partial charge in [-0.05, 0) is 25.6 Å². The molecule has 132 valence electrons. The Kier molecular flexibility index (Phi) is 5.00. The molecule has 2 N–H and O–H groups in total. The number of rotatable bonds is 5. The number of pyridine rings is 1. The van der Waals surface area contributed by atoms with Crippen molar-refractivity contribution in [1.82, 2.24) is 24.9 Å². The highest BCUT2D eigenvalue weighted by Crippen LogP contribution is 2.31. The molecule has 0 radical (unpaired) electrons. The van der Waals surface area contributed by atoms with E-state index < -0.39 is 4.92 Å². The predicted octanol–water partition coefficient (Wildman–Crippen LogP) is 1.41. The van der Waals surface area contributed by atoms with E-state index in [4.69, 9.17) is 0 Å². The van der Waals surface area contributed by atoms with Crippen LogP contribution in [0.4, 0.5) is 23.1 Å². The van der Waals surface area contributed by atoms with Crippen molar-refractivity contribution in [2.75, 3.05) is 44.0 Å². The van der Waals surface area contributed by atoms with Gasteiger partial charge in [0.2, 0.25) is 11.6 Å². The second kappa shape index (κ2) is 7.36. The molecule has 1 fully saturated rings. The van der Waals surface area contributed by atoms with Crippen LogP contribution in [0.5, 0.6) is 0 Å². The van der Waals surface area contributed by atoms with Gasteiger partial charge in [0.25, 0.3) is 0 Å². The van der Waals surface area contributed by atoms with Crippen LogP contribution >= 0.6 is 0 Å². The Bertz CT molecular complexity index is 761. The van der Waals surface area contributed by atoms with Gasteiger partial charge in [-0.15, -0.1) is 0 Å². The highest BCUT2D eigenvalue weighted by atomic mass is 16.6. The van der Waals surface area contributed by atoms with Gasteiger partial charge >= 0.3 is 5.69 Å². The molecule has 1 aliphatic rings. The maximum atomic E-state index is 11.6. The molecule has 0 bridgehead atoms. The number of nitro groups is 1. The van der Waals surface area contributed by atoms with Crippen molar-refractivity contribution in [1.29, 1.82) is 0 Å². The van der Waals surface area contributed by atoms with Crippen molar-refractivity contribution >= 4 is 23.1 Å². The van der Waals surface area contributed by atoms with Crippen molar-refractivity contribution in [2.24, 2.45) is 0 Å². The summed E-state index contributed by atoms with van der Waals surface area (Å²) in [6.07, 6.45) is 2.91. The van der Waals surface area contributed by atoms with Crippen LogP contribution in [0.1, 0.15) is 5.56 Å². The van der Waals surface area contributed by atoms with Crippen LogP contribution < -0.4 is 10.7 Å². The van der Waals surface area contributed by atoms with Crippen molar-refractivity contribution in [3.05, 3.63) is 40.3 Å². The number of anilines is 3. The lowest BCUT2D eigenvalue weighted by Gasteiger charge is -2.32. The van der Waals surface area contributed by atoms with Gasteiger partial charge in [-0.3, -0.25) is 15.5 Å². The van der Waals surface area contributed by atoms with Crippen LogP contribution in [0.25, 0.3) is 0 Å². The van der Waals surface area contributed by atoms with E-state index in [-0.39, 0.29) is 17.3 Å². The first-order chi connectivity index (χ1) is 12.0. The number of aromatic nitrogens is 3. The molecule has 3 rings (SSSR count). The normalized spacial score (nSPS) is 15.8. The number of hydrogen-bond acceptors (Lipinski definition) is 9. The van der Waals surface area contributed by atoms with Crippen LogP contribution in [0.3, 0.4) is 0 Å². The largest absolute Gasteiger partial charge is 0.354 e. The van der Waals surface area contributed by atoms with Gasteiger partial charge in [-0.25, -0.2) is 20.0 Å². The second-order valence-corrected chi connectivity index (χ2v) is 5.87. The predicted molar refractivity (Wildman–Crippen MR) is 93.6 cm³/mol. The Morgan fingerprint density at radius 1 is 1.12 bits per heavy atom. The van der Waals surface area contributed by atoms with Gasteiger partial charge in [0.05, 0.1) is 4.92 Å². The molecule has 10 heteroatoms. The van der Waals surface area contributed by atoms with E-state index in [0.29, 0.717) is 5.82 Å². The summed E-state index contributed by atoms with van der Waals surface area (Å²) in [7, 11) is 2.04. The Balaban J connectivity index is 1.87. The maximum absolute atomic E-state index is 11.6. The minimum Gasteiger partial charge on any atom is -0.319 e. The van der Waals surface area contributed by atoms with E-state index in [9.17, 15) is 10.1 Å². The summed E-state index contributed by atoms with van der Waals surface area (Å²) in [5.41, 5.74) is 3.71. The molecular formula is C15H20N8O2. The molecule has 1 aliphatic heterocycles. The monoisotopic (exact) mass is 344 g/mol. The first kappa shape index (κ1) is 17.0. The van der Waals surface area contributed by atoms with Gasteiger partial charge in [-0.1, -0.05) is 6.07 Å². The number of aryl methyl sites for hydroxylation is 1. The second-order valence-electron chi connectivity index (χ2n) is 5.87. The SMILES string of the molecule is Cc1cccnc1Nc1ncnc(NN2CCN(C)CC2)c1[N+](=O)[O-]. The Hall–Kier alpha value is -2.85. The van der Waals surface area contributed by atoms with E-state index >= 15 is 0 Å². The molecule has 3 heterocycles. The lowest BCUT2D eigenvalue weighted by atomic mass is 10.3. The highest BCUT2D eigenvalue weighted by Gasteiger charge is 2.26. The molecule has 25 heavy (non-hydrogen) atoms. The molecule has 10 nitrogen and oxygen atoms in total. The average molecular weight is 344 g/mol. The molecular weight excluding hydrogens is 324 g/mol. The first-order valence-electron chi connectivity index (χ1n) is 7.93. The van der Waals surface area contributed by atoms with E-state index in [1.54, 1.807) is 12.3 Å². The van der Waals surface area contributed by atoms with Gasteiger partial charge in [0.1, 0.15) is 12.1 Å². The minimum atomic E-state index is -0.487. The molecule has 0 saturated carbocycles. The summed E-state index contributed by atoms with van der Waals surface area (Å²) in [4.78, 5) is 25.6. The number of likely N-dealkylation sites (N-methyl/N-ethyl adjacent to an activating group) is 1. The number of nitrogens with zero attached hydrogens (tertiary/aromatic N) is 6. The van der Waals surface area contributed by atoms with Gasteiger partial charge in [0, 0.05) is 32.4 Å². The van der Waals surface area contributed by atoms with Crippen molar-refractivity contribution in [2.45, 2.75) is 6.92 Å². The average Bonchev–Trinajstić information content (AvgIpc) is 2.59. The summed E-state index contributed by atoms with van der Waals surface area (Å²) in [6.45, 7) is 5.12. The summed E-state index contributed by atoms with van der Waals surface area (Å²) >= 11 is 0. The zero-order valence-corrected chi connectivity index (χ0v) is 14.1. The Morgan fingerprint density at radius 3 is 2.52 bits per heavy atom. The van der Waals surface area contributed by atoms with Crippen LogP contribution in [0, 0.1) is 17.0 Å². The zero-order chi connectivity index (χ0) is 17.8. The van der Waals surface area contributed by atoms with E-state index in [2.05, 4.69) is 30.6 Å². The quantitative estimate of drug-likeness (QED) is 0.614.